The van der Waals surface area contributed by atoms with Gasteiger partial charge in [-0.25, -0.2) is 11.6 Å². The van der Waals surface area contributed by atoms with Gasteiger partial charge < -0.3 is 10.3 Å². The van der Waals surface area contributed by atoms with Crippen molar-refractivity contribution in [2.24, 2.45) is 0 Å². The molecule has 4 heteroatoms. The third-order valence-corrected chi connectivity index (χ3v) is 2.55. The molecule has 1 N–H and O–H groups in total. The van der Waals surface area contributed by atoms with E-state index >= 15 is 0 Å². The zero-order valence-electron chi connectivity index (χ0n) is 15.8. The molecule has 0 aliphatic carbocycles. The first-order valence-electron chi connectivity index (χ1n) is 7.68. The van der Waals surface area contributed by atoms with Crippen molar-refractivity contribution in [3.8, 4) is 0 Å². The molecule has 0 fully saturated rings. The molecule has 0 saturated carbocycles. The van der Waals surface area contributed by atoms with Crippen LogP contribution < -0.4 is 5.32 Å². The van der Waals surface area contributed by atoms with E-state index < -0.39 is 0 Å². The predicted octanol–water partition coefficient (Wildman–Crippen LogP) is 5.41. The minimum Gasteiger partial charge on any atom is -0.371 e. The summed E-state index contributed by atoms with van der Waals surface area (Å²) in [5.74, 6) is 0. The zero-order chi connectivity index (χ0) is 16.8. The molecule has 0 aliphatic heterocycles. The van der Waals surface area contributed by atoms with E-state index in [1.807, 2.05) is 69.4 Å². The van der Waals surface area contributed by atoms with Crippen LogP contribution in [0.1, 0.15) is 53.2 Å². The van der Waals surface area contributed by atoms with E-state index in [4.69, 9.17) is 0 Å². The molecule has 0 unspecified atom stereocenters. The summed E-state index contributed by atoms with van der Waals surface area (Å²) in [4.78, 5) is 3.90. The van der Waals surface area contributed by atoms with Crippen LogP contribution in [-0.2, 0) is 65.4 Å². The number of nitrogens with zero attached hydrogens (tertiary/aromatic N) is 1. The van der Waals surface area contributed by atoms with Crippen LogP contribution in [-0.4, -0.2) is 17.6 Å². The molecule has 0 aliphatic rings. The molecule has 2 radical (unpaired) electrons. The zero-order valence-corrected chi connectivity index (χ0v) is 21.5. The van der Waals surface area contributed by atoms with Crippen molar-refractivity contribution in [2.45, 2.75) is 47.6 Å². The molecule has 1 heterocycles. The molecule has 1 aromatic heterocycles. The average Bonchev–Trinajstić information content (AvgIpc) is 2.57. The van der Waals surface area contributed by atoms with Gasteiger partial charge in [-0.3, -0.25) is 0 Å². The van der Waals surface area contributed by atoms with Crippen LogP contribution in [0.25, 0.3) is 6.08 Å². The first-order chi connectivity index (χ1) is 10.5. The Morgan fingerprint density at radius 1 is 1.00 bits per heavy atom. The fraction of sp³-hybridized carbons (Fsp3) is 0.381. The molecule has 2 nitrogen and oxygen atoms in total. The largest absolute Gasteiger partial charge is 0.371 e. The molecule has 134 valence electrons. The van der Waals surface area contributed by atoms with Crippen LogP contribution in [0.5, 0.6) is 0 Å². The van der Waals surface area contributed by atoms with Gasteiger partial charge in [0.25, 0.3) is 0 Å². The van der Waals surface area contributed by atoms with E-state index in [2.05, 4.69) is 43.3 Å². The van der Waals surface area contributed by atoms with Gasteiger partial charge in [0.1, 0.15) is 0 Å². The molecule has 2 aromatic rings. The normalized spacial score (nSPS) is 9.04. The van der Waals surface area contributed by atoms with Gasteiger partial charge in [0, 0.05) is 71.0 Å². The van der Waals surface area contributed by atoms with Crippen molar-refractivity contribution in [1.29, 1.82) is 0 Å². The maximum atomic E-state index is 3.90. The van der Waals surface area contributed by atoms with Crippen LogP contribution in [0, 0.1) is 12.3 Å². The minimum atomic E-state index is 0. The summed E-state index contributed by atoms with van der Waals surface area (Å²) in [6.07, 6.45) is 9.62. The van der Waals surface area contributed by atoms with Gasteiger partial charge >= 0.3 is 0 Å². The topological polar surface area (TPSA) is 24.9 Å². The van der Waals surface area contributed by atoms with Gasteiger partial charge in [0.2, 0.25) is 0 Å². The first-order valence-corrected chi connectivity index (χ1v) is 7.68. The third kappa shape index (κ3) is 20.4. The molecule has 0 atom stereocenters. The van der Waals surface area contributed by atoms with E-state index in [0.29, 0.717) is 5.54 Å². The standard InChI is InChI=1S/C13H9N.C5H13N.C2H6.CH4.2Y/c1-2-5-12(6-3-1)8-9-13-7-4-10-14-11-13;1-5(2,3)6-4;1-2;;;/h1-7,9-10H;6H,1-4H3;1-2H3;1H4;;/q-2;;;;;. The van der Waals surface area contributed by atoms with E-state index in [9.17, 15) is 0 Å². The maximum absolute atomic E-state index is 3.90. The second-order valence-electron chi connectivity index (χ2n) is 5.36. The van der Waals surface area contributed by atoms with Gasteiger partial charge in [-0.1, -0.05) is 39.7 Å². The molecule has 0 saturated heterocycles. The van der Waals surface area contributed by atoms with E-state index in [1.165, 1.54) is 0 Å². The van der Waals surface area contributed by atoms with Crippen LogP contribution in [0.2, 0.25) is 0 Å². The fourth-order valence-electron chi connectivity index (χ4n) is 1.11. The number of hydrogen-bond acceptors (Lipinski definition) is 2. The fourth-order valence-corrected chi connectivity index (χ4v) is 1.11. The molecule has 2 rings (SSSR count). The summed E-state index contributed by atoms with van der Waals surface area (Å²) >= 11 is 0. The van der Waals surface area contributed by atoms with Crippen molar-refractivity contribution in [1.82, 2.24) is 10.3 Å². The van der Waals surface area contributed by atoms with Crippen LogP contribution in [0.4, 0.5) is 0 Å². The number of aromatic nitrogens is 1. The number of nitrogens with one attached hydrogen (secondary N) is 1. The molecular weight excluding hydrogens is 458 g/mol. The van der Waals surface area contributed by atoms with E-state index in [0.717, 1.165) is 11.1 Å². The molecule has 0 amide bonds. The Labute approximate surface area is 206 Å². The summed E-state index contributed by atoms with van der Waals surface area (Å²) in [6.45, 7) is 10.4. The Morgan fingerprint density at radius 3 is 1.92 bits per heavy atom. The van der Waals surface area contributed by atoms with E-state index in [-0.39, 0.29) is 72.8 Å². The first kappa shape index (κ1) is 32.9. The Bertz CT molecular complexity index is 465. The Balaban J connectivity index is -0.000000175. The minimum absolute atomic E-state index is 0. The second kappa shape index (κ2) is 20.6. The molecular formula is C21H32N2Y2-2. The van der Waals surface area contributed by atoms with Gasteiger partial charge in [0.15, 0.2) is 0 Å². The Hall–Kier alpha value is 0.278. The van der Waals surface area contributed by atoms with Crippen molar-refractivity contribution in [3.63, 3.8) is 0 Å². The summed E-state index contributed by atoms with van der Waals surface area (Å²) in [5.41, 5.74) is 2.29. The second-order valence-corrected chi connectivity index (χ2v) is 5.36. The Morgan fingerprint density at radius 2 is 1.52 bits per heavy atom. The number of pyridine rings is 1. The van der Waals surface area contributed by atoms with Crippen molar-refractivity contribution in [3.05, 3.63) is 72.1 Å². The van der Waals surface area contributed by atoms with E-state index in [1.54, 1.807) is 6.20 Å². The predicted molar refractivity (Wildman–Crippen MR) is 103 cm³/mol. The van der Waals surface area contributed by atoms with Gasteiger partial charge in [0.05, 0.1) is 0 Å². The van der Waals surface area contributed by atoms with Crippen LogP contribution in [0.15, 0.2) is 48.7 Å². The SMILES string of the molecule is C.CC.CNC(C)(C)C.[C-](=Cc1[c-]nccc1)c1ccccc1.[Y].[Y]. The summed E-state index contributed by atoms with van der Waals surface area (Å²) in [6, 6.07) is 13.8. The molecule has 0 bridgehead atoms. The third-order valence-electron chi connectivity index (χ3n) is 2.55. The number of hydrogen-bond donors (Lipinski definition) is 1. The van der Waals surface area contributed by atoms with Crippen LogP contribution in [0.3, 0.4) is 0 Å². The summed E-state index contributed by atoms with van der Waals surface area (Å²) in [5, 5.41) is 3.10. The number of benzene rings is 1. The monoisotopic (exact) mass is 490 g/mol. The van der Waals surface area contributed by atoms with Gasteiger partial charge in [-0.05, 0) is 27.8 Å². The average molecular weight is 490 g/mol. The van der Waals surface area contributed by atoms with Crippen molar-refractivity contribution in [2.75, 3.05) is 7.05 Å². The summed E-state index contributed by atoms with van der Waals surface area (Å²) in [7, 11) is 1.96. The number of rotatable bonds is 2. The molecule has 25 heavy (non-hydrogen) atoms. The quantitative estimate of drug-likeness (QED) is 0.570. The molecule has 1 aromatic carbocycles. The van der Waals surface area contributed by atoms with Crippen LogP contribution >= 0.6 is 0 Å². The Kier molecular flexibility index (Phi) is 27.1. The summed E-state index contributed by atoms with van der Waals surface area (Å²) < 4.78 is 0. The maximum Gasteiger partial charge on any atom is 0.00935 e. The smallest absolute Gasteiger partial charge is 0.00935 e. The van der Waals surface area contributed by atoms with Gasteiger partial charge in [-0.2, -0.15) is 17.7 Å². The van der Waals surface area contributed by atoms with Crippen molar-refractivity contribution >= 4 is 6.08 Å². The van der Waals surface area contributed by atoms with Gasteiger partial charge in [-0.15, -0.1) is 30.3 Å². The molecule has 0 spiro atoms. The van der Waals surface area contributed by atoms with Crippen molar-refractivity contribution < 1.29 is 65.4 Å².